The molecule has 0 spiro atoms. The van der Waals surface area contributed by atoms with Gasteiger partial charge in [-0.15, -0.1) is 0 Å². The van der Waals surface area contributed by atoms with Crippen molar-refractivity contribution in [1.29, 1.82) is 0 Å². The molecule has 0 saturated heterocycles. The van der Waals surface area contributed by atoms with Crippen LogP contribution in [-0.4, -0.2) is 33.5 Å². The molecule has 1 aromatic carbocycles. The number of rotatable bonds is 9. The molecule has 0 radical (unpaired) electrons. The fraction of sp³-hybridized carbons (Fsp3) is 0.533. The SMILES string of the molecule is CC(=O)c1cccc(S(=O)(=O)NCCCCOC(C)C)c1. The van der Waals surface area contributed by atoms with Gasteiger partial charge < -0.3 is 4.74 Å². The van der Waals surface area contributed by atoms with Gasteiger partial charge >= 0.3 is 0 Å². The van der Waals surface area contributed by atoms with Crippen molar-refractivity contribution >= 4 is 15.8 Å². The van der Waals surface area contributed by atoms with Gasteiger partial charge in [0.1, 0.15) is 0 Å². The van der Waals surface area contributed by atoms with E-state index >= 15 is 0 Å². The van der Waals surface area contributed by atoms with E-state index < -0.39 is 10.0 Å². The lowest BCUT2D eigenvalue weighted by molar-refractivity contribution is 0.0762. The third-order valence-electron chi connectivity index (χ3n) is 2.87. The Balaban J connectivity index is 2.50. The van der Waals surface area contributed by atoms with Crippen molar-refractivity contribution in [1.82, 2.24) is 4.72 Å². The summed E-state index contributed by atoms with van der Waals surface area (Å²) in [5.74, 6) is -0.155. The van der Waals surface area contributed by atoms with Gasteiger partial charge in [0.15, 0.2) is 5.78 Å². The van der Waals surface area contributed by atoms with Crippen LogP contribution in [0.2, 0.25) is 0 Å². The Hall–Kier alpha value is -1.24. The average Bonchev–Trinajstić information content (AvgIpc) is 2.42. The van der Waals surface area contributed by atoms with E-state index in [-0.39, 0.29) is 16.8 Å². The standard InChI is InChI=1S/C15H23NO4S/c1-12(2)20-10-5-4-9-16-21(18,19)15-8-6-7-14(11-15)13(3)17/h6-8,11-12,16H,4-5,9-10H2,1-3H3. The van der Waals surface area contributed by atoms with Crippen LogP contribution in [0.4, 0.5) is 0 Å². The molecule has 0 unspecified atom stereocenters. The summed E-state index contributed by atoms with van der Waals surface area (Å²) in [5.41, 5.74) is 0.392. The third kappa shape index (κ3) is 6.37. The quantitative estimate of drug-likeness (QED) is 0.561. The van der Waals surface area contributed by atoms with Crippen LogP contribution in [0.3, 0.4) is 0 Å². The van der Waals surface area contributed by atoms with Crippen LogP contribution in [0, 0.1) is 0 Å². The molecule has 0 saturated carbocycles. The Labute approximate surface area is 126 Å². The van der Waals surface area contributed by atoms with Crippen molar-refractivity contribution in [3.63, 3.8) is 0 Å². The van der Waals surface area contributed by atoms with Crippen molar-refractivity contribution in [3.8, 4) is 0 Å². The van der Waals surface area contributed by atoms with E-state index in [1.165, 1.54) is 19.1 Å². The van der Waals surface area contributed by atoms with Gasteiger partial charge in [-0.05, 0) is 45.7 Å². The molecule has 5 nitrogen and oxygen atoms in total. The number of ketones is 1. The first-order valence-corrected chi connectivity index (χ1v) is 8.53. The number of carbonyl (C=O) groups excluding carboxylic acids is 1. The Morgan fingerprint density at radius 1 is 1.29 bits per heavy atom. The second-order valence-electron chi connectivity index (χ2n) is 5.11. The maximum atomic E-state index is 12.1. The predicted octanol–water partition coefficient (Wildman–Crippen LogP) is 2.37. The lowest BCUT2D eigenvalue weighted by Gasteiger charge is -2.09. The molecule has 0 aliphatic heterocycles. The molecule has 6 heteroatoms. The van der Waals surface area contributed by atoms with Crippen molar-refractivity contribution in [2.24, 2.45) is 0 Å². The molecular weight excluding hydrogens is 290 g/mol. The molecule has 0 atom stereocenters. The van der Waals surface area contributed by atoms with Crippen LogP contribution in [0.1, 0.15) is 44.0 Å². The summed E-state index contributed by atoms with van der Waals surface area (Å²) in [7, 11) is -3.56. The van der Waals surface area contributed by atoms with Gasteiger partial charge in [-0.3, -0.25) is 4.79 Å². The van der Waals surface area contributed by atoms with Gasteiger partial charge in [0.25, 0.3) is 0 Å². The first-order valence-electron chi connectivity index (χ1n) is 7.05. The largest absolute Gasteiger partial charge is 0.379 e. The smallest absolute Gasteiger partial charge is 0.240 e. The van der Waals surface area contributed by atoms with Crippen molar-refractivity contribution in [3.05, 3.63) is 29.8 Å². The van der Waals surface area contributed by atoms with Crippen LogP contribution in [-0.2, 0) is 14.8 Å². The highest BCUT2D eigenvalue weighted by Gasteiger charge is 2.14. The van der Waals surface area contributed by atoms with Gasteiger partial charge in [0.2, 0.25) is 10.0 Å². The molecule has 0 fully saturated rings. The zero-order chi connectivity index (χ0) is 15.9. The molecular formula is C15H23NO4S. The Morgan fingerprint density at radius 3 is 2.62 bits per heavy atom. The number of carbonyl (C=O) groups is 1. The Kier molecular flexibility index (Phi) is 7.01. The van der Waals surface area contributed by atoms with E-state index in [0.717, 1.165) is 6.42 Å². The van der Waals surface area contributed by atoms with Crippen molar-refractivity contribution in [2.45, 2.75) is 44.6 Å². The second kappa shape index (κ2) is 8.26. The van der Waals surface area contributed by atoms with Crippen molar-refractivity contribution < 1.29 is 17.9 Å². The number of benzene rings is 1. The van der Waals surface area contributed by atoms with Crippen LogP contribution in [0.25, 0.3) is 0 Å². The second-order valence-corrected chi connectivity index (χ2v) is 6.88. The summed E-state index contributed by atoms with van der Waals surface area (Å²) in [5, 5.41) is 0. The van der Waals surface area contributed by atoms with Crippen LogP contribution >= 0.6 is 0 Å². The number of ether oxygens (including phenoxy) is 1. The van der Waals surface area contributed by atoms with E-state index in [9.17, 15) is 13.2 Å². The van der Waals surface area contributed by atoms with E-state index in [0.29, 0.717) is 25.1 Å². The normalized spacial score (nSPS) is 11.8. The average molecular weight is 313 g/mol. The monoisotopic (exact) mass is 313 g/mol. The molecule has 0 amide bonds. The van der Waals surface area contributed by atoms with Gasteiger partial charge in [-0.25, -0.2) is 13.1 Å². The number of hydrogen-bond acceptors (Lipinski definition) is 4. The van der Waals surface area contributed by atoms with E-state index in [4.69, 9.17) is 4.74 Å². The van der Waals surface area contributed by atoms with E-state index in [1.807, 2.05) is 13.8 Å². The molecule has 0 aliphatic carbocycles. The van der Waals surface area contributed by atoms with Crippen LogP contribution < -0.4 is 4.72 Å². The molecule has 0 aromatic heterocycles. The minimum Gasteiger partial charge on any atom is -0.379 e. The molecule has 0 heterocycles. The molecule has 1 rings (SSSR count). The first kappa shape index (κ1) is 17.8. The first-order chi connectivity index (χ1) is 9.83. The highest BCUT2D eigenvalue weighted by atomic mass is 32.2. The van der Waals surface area contributed by atoms with Gasteiger partial charge in [0, 0.05) is 18.7 Å². The van der Waals surface area contributed by atoms with Crippen molar-refractivity contribution in [2.75, 3.05) is 13.2 Å². The highest BCUT2D eigenvalue weighted by Crippen LogP contribution is 2.12. The van der Waals surface area contributed by atoms with Crippen LogP contribution in [0.5, 0.6) is 0 Å². The predicted molar refractivity (Wildman–Crippen MR) is 82.0 cm³/mol. The Bertz CT molecular complexity index is 567. The number of Topliss-reactive ketones (excluding diaryl/α,β-unsaturated/α-hetero) is 1. The topological polar surface area (TPSA) is 72.5 Å². The zero-order valence-electron chi connectivity index (χ0n) is 12.8. The van der Waals surface area contributed by atoms with Crippen LogP contribution in [0.15, 0.2) is 29.2 Å². The number of unbranched alkanes of at least 4 members (excludes halogenated alkanes) is 1. The number of hydrogen-bond donors (Lipinski definition) is 1. The van der Waals surface area contributed by atoms with Gasteiger partial charge in [0.05, 0.1) is 11.0 Å². The minimum atomic E-state index is -3.56. The molecule has 1 N–H and O–H groups in total. The van der Waals surface area contributed by atoms with Gasteiger partial charge in [-0.2, -0.15) is 0 Å². The fourth-order valence-electron chi connectivity index (χ4n) is 1.72. The maximum absolute atomic E-state index is 12.1. The summed E-state index contributed by atoms with van der Waals surface area (Å²) >= 11 is 0. The number of nitrogens with one attached hydrogen (secondary N) is 1. The minimum absolute atomic E-state index is 0.119. The number of sulfonamides is 1. The molecule has 118 valence electrons. The highest BCUT2D eigenvalue weighted by molar-refractivity contribution is 7.89. The molecule has 0 bridgehead atoms. The maximum Gasteiger partial charge on any atom is 0.240 e. The summed E-state index contributed by atoms with van der Waals surface area (Å²) in [6.45, 7) is 6.32. The lowest BCUT2D eigenvalue weighted by atomic mass is 10.2. The Morgan fingerprint density at radius 2 is 2.00 bits per heavy atom. The summed E-state index contributed by atoms with van der Waals surface area (Å²) < 4.78 is 32.1. The molecule has 0 aliphatic rings. The molecule has 21 heavy (non-hydrogen) atoms. The zero-order valence-corrected chi connectivity index (χ0v) is 13.6. The van der Waals surface area contributed by atoms with Gasteiger partial charge in [-0.1, -0.05) is 12.1 Å². The van der Waals surface area contributed by atoms with E-state index in [1.54, 1.807) is 12.1 Å². The summed E-state index contributed by atoms with van der Waals surface area (Å²) in [6.07, 6.45) is 1.70. The summed E-state index contributed by atoms with van der Waals surface area (Å²) in [4.78, 5) is 11.4. The lowest BCUT2D eigenvalue weighted by Crippen LogP contribution is -2.25. The molecule has 1 aromatic rings. The fourth-order valence-corrected chi connectivity index (χ4v) is 2.84. The third-order valence-corrected chi connectivity index (χ3v) is 4.32. The summed E-state index contributed by atoms with van der Waals surface area (Å²) in [6, 6.07) is 6.05. The van der Waals surface area contributed by atoms with E-state index in [2.05, 4.69) is 4.72 Å².